The van der Waals surface area contributed by atoms with E-state index in [0.717, 1.165) is 105 Å². The van der Waals surface area contributed by atoms with E-state index >= 15 is 0 Å². The van der Waals surface area contributed by atoms with Crippen molar-refractivity contribution in [2.75, 3.05) is 0 Å². The summed E-state index contributed by atoms with van der Waals surface area (Å²) in [6.07, 6.45) is 3.72. The van der Waals surface area contributed by atoms with Gasteiger partial charge in [-0.25, -0.2) is 15.0 Å². The van der Waals surface area contributed by atoms with Crippen LogP contribution in [-0.4, -0.2) is 29.1 Å². The molecule has 0 N–H and O–H groups in total. The summed E-state index contributed by atoms with van der Waals surface area (Å²) in [5.74, 6) is 1.55. The maximum atomic E-state index is 9.86. The first-order valence-electron chi connectivity index (χ1n) is 24.4. The molecule has 4 aromatic heterocycles. The normalized spacial score (nSPS) is 11.1. The summed E-state index contributed by atoms with van der Waals surface area (Å²) in [6, 6.07) is 76.9. The lowest BCUT2D eigenvalue weighted by Crippen LogP contribution is -2.04. The Morgan fingerprint density at radius 1 is 0.316 bits per heavy atom. The zero-order chi connectivity index (χ0) is 51.3. The van der Waals surface area contributed by atoms with Gasteiger partial charge in [0.1, 0.15) is 0 Å². The summed E-state index contributed by atoms with van der Waals surface area (Å²) < 4.78 is 4.54. The number of nitrogens with zero attached hydrogens (tertiary/aromatic N) is 10. The van der Waals surface area contributed by atoms with Gasteiger partial charge in [0.2, 0.25) is 0 Å². The zero-order valence-corrected chi connectivity index (χ0v) is 40.3. The summed E-state index contributed by atoms with van der Waals surface area (Å²) in [4.78, 5) is 20.4. The maximum absolute atomic E-state index is 9.86. The van der Waals surface area contributed by atoms with Crippen LogP contribution in [0, 0.1) is 45.3 Å². The molecule has 0 unspecified atom stereocenters. The van der Waals surface area contributed by atoms with Crippen molar-refractivity contribution in [2.45, 2.75) is 0 Å². The Labute approximate surface area is 435 Å². The molecular weight excluding hydrogens is 933 g/mol. The molecule has 0 amide bonds. The van der Waals surface area contributed by atoms with Crippen molar-refractivity contribution < 1.29 is 0 Å². The largest absolute Gasteiger partial charge is 0.309 e. The van der Waals surface area contributed by atoms with E-state index in [1.807, 2.05) is 140 Å². The number of pyridine rings is 1. The van der Waals surface area contributed by atoms with Crippen molar-refractivity contribution in [1.29, 1.82) is 21.0 Å². The Hall–Kier alpha value is -11.3. The molecule has 0 saturated heterocycles. The van der Waals surface area contributed by atoms with E-state index in [9.17, 15) is 21.0 Å². The van der Waals surface area contributed by atoms with Gasteiger partial charge in [-0.15, -0.1) is 0 Å². The van der Waals surface area contributed by atoms with Crippen molar-refractivity contribution in [1.82, 2.24) is 29.1 Å². The zero-order valence-electron chi connectivity index (χ0n) is 40.3. The second-order valence-corrected chi connectivity index (χ2v) is 18.4. The standard InChI is InChI=1S/C66H36N10/c67-36-41-27-42(37-68)30-49(29-41)47-19-23-61-56(33-47)52-15-7-9-17-59(52)75(61)51-21-22-54(66-73-64(45-11-3-1-4-12-45)72-65(74-66)46-13-5-2-6-14-46)55(35-51)58-40-71-26-25-63(58)76-60-18-10-8-16-53(60)57-34-48(20-24-62(57)76)50-31-43(38-69)28-44(32-50)39-70/h1-35,40H. The van der Waals surface area contributed by atoms with Crippen LogP contribution >= 0.6 is 0 Å². The predicted octanol–water partition coefficient (Wildman–Crippen LogP) is 14.9. The third-order valence-corrected chi connectivity index (χ3v) is 13.9. The molecule has 76 heavy (non-hydrogen) atoms. The quantitative estimate of drug-likeness (QED) is 0.146. The van der Waals surface area contributed by atoms with E-state index in [4.69, 9.17) is 19.9 Å². The molecule has 0 atom stereocenters. The molecule has 0 saturated carbocycles. The molecule has 350 valence electrons. The third-order valence-electron chi connectivity index (χ3n) is 13.9. The lowest BCUT2D eigenvalue weighted by molar-refractivity contribution is 1.07. The first kappa shape index (κ1) is 44.6. The van der Waals surface area contributed by atoms with Crippen molar-refractivity contribution >= 4 is 43.6 Å². The second-order valence-electron chi connectivity index (χ2n) is 18.4. The van der Waals surface area contributed by atoms with Gasteiger partial charge in [0.15, 0.2) is 17.5 Å². The topological polar surface area (TPSA) is 157 Å². The molecule has 0 fully saturated rings. The SMILES string of the molecule is N#Cc1cc(C#N)cc(-c2ccc3c(c2)c2ccccc2n3-c2ccc(-c3nc(-c4ccccc4)nc(-c4ccccc4)n3)c(-c3cnccc3-n3c4ccccc4c4cc(-c5cc(C#N)cc(C#N)c5)ccc43)c2)c1. The van der Waals surface area contributed by atoms with E-state index < -0.39 is 0 Å². The Morgan fingerprint density at radius 3 is 1.30 bits per heavy atom. The van der Waals surface area contributed by atoms with E-state index in [2.05, 4.69) is 100 Å². The molecule has 0 aliphatic rings. The number of para-hydroxylation sites is 2. The van der Waals surface area contributed by atoms with E-state index in [0.29, 0.717) is 39.7 Å². The van der Waals surface area contributed by atoms with Crippen molar-refractivity contribution in [3.63, 3.8) is 0 Å². The number of aromatic nitrogens is 6. The van der Waals surface area contributed by atoms with E-state index in [1.165, 1.54) is 0 Å². The summed E-state index contributed by atoms with van der Waals surface area (Å²) in [7, 11) is 0. The third kappa shape index (κ3) is 7.64. The molecular formula is C66H36N10. The molecule has 10 nitrogen and oxygen atoms in total. The van der Waals surface area contributed by atoms with Gasteiger partial charge >= 0.3 is 0 Å². The Kier molecular flexibility index (Phi) is 10.8. The average molecular weight is 969 g/mol. The lowest BCUT2D eigenvalue weighted by Gasteiger charge is -2.18. The monoisotopic (exact) mass is 968 g/mol. The van der Waals surface area contributed by atoms with Gasteiger partial charge in [-0.1, -0.05) is 109 Å². The minimum Gasteiger partial charge on any atom is -0.309 e. The summed E-state index contributed by atoms with van der Waals surface area (Å²) in [5, 5.41) is 43.5. The van der Waals surface area contributed by atoms with Gasteiger partial charge in [-0.05, 0) is 125 Å². The highest BCUT2D eigenvalue weighted by atomic mass is 15.0. The second kappa shape index (κ2) is 18.4. The Morgan fingerprint density at radius 2 is 0.776 bits per heavy atom. The van der Waals surface area contributed by atoms with Crippen LogP contribution < -0.4 is 0 Å². The highest BCUT2D eigenvalue weighted by Crippen LogP contribution is 2.43. The van der Waals surface area contributed by atoms with Gasteiger partial charge in [-0.2, -0.15) is 21.0 Å². The number of hydrogen-bond donors (Lipinski definition) is 0. The fourth-order valence-corrected chi connectivity index (χ4v) is 10.5. The number of rotatable bonds is 8. The van der Waals surface area contributed by atoms with Crippen LogP contribution in [0.5, 0.6) is 0 Å². The van der Waals surface area contributed by atoms with Crippen molar-refractivity contribution in [3.05, 3.63) is 241 Å². The Bertz CT molecular complexity index is 4570. The van der Waals surface area contributed by atoms with Crippen LogP contribution in [0.15, 0.2) is 219 Å². The summed E-state index contributed by atoms with van der Waals surface area (Å²) >= 11 is 0. The van der Waals surface area contributed by atoms with Gasteiger partial charge in [0, 0.05) is 61.9 Å². The molecule has 13 aromatic rings. The molecule has 0 aliphatic heterocycles. The van der Waals surface area contributed by atoms with Crippen LogP contribution in [-0.2, 0) is 0 Å². The van der Waals surface area contributed by atoms with Crippen LogP contribution in [0.1, 0.15) is 22.3 Å². The summed E-state index contributed by atoms with van der Waals surface area (Å²) in [5.41, 5.74) is 14.8. The molecule has 10 heteroatoms. The Balaban J connectivity index is 1.07. The van der Waals surface area contributed by atoms with Gasteiger partial charge in [-0.3, -0.25) is 4.98 Å². The minimum atomic E-state index is 0.420. The number of fused-ring (bicyclic) bond motifs is 6. The fraction of sp³-hybridized carbons (Fsp3) is 0. The molecule has 0 bridgehead atoms. The van der Waals surface area contributed by atoms with Crippen molar-refractivity contribution in [2.24, 2.45) is 0 Å². The smallest absolute Gasteiger partial charge is 0.164 e. The van der Waals surface area contributed by atoms with Crippen LogP contribution in [0.4, 0.5) is 0 Å². The van der Waals surface area contributed by atoms with Crippen LogP contribution in [0.25, 0.3) is 123 Å². The number of benzene rings is 9. The average Bonchev–Trinajstić information content (AvgIpc) is 4.06. The minimum absolute atomic E-state index is 0.420. The van der Waals surface area contributed by atoms with Crippen LogP contribution in [0.3, 0.4) is 0 Å². The van der Waals surface area contributed by atoms with Crippen molar-refractivity contribution in [3.8, 4) is 103 Å². The van der Waals surface area contributed by atoms with Gasteiger partial charge < -0.3 is 9.13 Å². The maximum Gasteiger partial charge on any atom is 0.164 e. The first-order valence-corrected chi connectivity index (χ1v) is 24.4. The molecule has 0 spiro atoms. The first-order chi connectivity index (χ1) is 37.5. The highest BCUT2D eigenvalue weighted by molar-refractivity contribution is 6.12. The summed E-state index contributed by atoms with van der Waals surface area (Å²) in [6.45, 7) is 0. The predicted molar refractivity (Wildman–Crippen MR) is 298 cm³/mol. The van der Waals surface area contributed by atoms with E-state index in [1.54, 1.807) is 12.1 Å². The molecule has 13 rings (SSSR count). The molecule has 0 radical (unpaired) electrons. The van der Waals surface area contributed by atoms with Gasteiger partial charge in [0.05, 0.1) is 74.3 Å². The van der Waals surface area contributed by atoms with Gasteiger partial charge in [0.25, 0.3) is 0 Å². The molecule has 9 aromatic carbocycles. The lowest BCUT2D eigenvalue weighted by atomic mass is 9.97. The fourth-order valence-electron chi connectivity index (χ4n) is 10.5. The van der Waals surface area contributed by atoms with E-state index in [-0.39, 0.29) is 0 Å². The van der Waals surface area contributed by atoms with Crippen LogP contribution in [0.2, 0.25) is 0 Å². The number of nitriles is 4. The number of hydrogen-bond acceptors (Lipinski definition) is 8. The molecule has 4 heterocycles. The highest BCUT2D eigenvalue weighted by Gasteiger charge is 2.23. The molecule has 0 aliphatic carbocycles.